The molecule has 1 aliphatic carbocycles. The molecule has 0 spiro atoms. The third-order valence-corrected chi connectivity index (χ3v) is 4.06. The topological polar surface area (TPSA) is 66.8 Å². The predicted octanol–water partition coefficient (Wildman–Crippen LogP) is 1.83. The predicted molar refractivity (Wildman–Crippen MR) is 71.3 cm³/mol. The molecule has 2 atom stereocenters. The summed E-state index contributed by atoms with van der Waals surface area (Å²) in [6.45, 7) is 0. The first-order valence-corrected chi connectivity index (χ1v) is 6.79. The highest BCUT2D eigenvalue weighted by Gasteiger charge is 2.49. The monoisotopic (exact) mass is 275 g/mol. The van der Waals surface area contributed by atoms with Crippen LogP contribution in [0.2, 0.25) is 0 Å². The maximum absolute atomic E-state index is 12.1. The molecule has 1 heterocycles. The molecular formula is C15H17NO4. The molecule has 2 unspecified atom stereocenters. The summed E-state index contributed by atoms with van der Waals surface area (Å²) < 4.78 is 5.20. The molecule has 1 amide bonds. The third-order valence-electron chi connectivity index (χ3n) is 4.06. The largest absolute Gasteiger partial charge is 0.497 e. The SMILES string of the molecule is COc1cccc(C2C(C(=O)O)CC(=O)N2C2CC2)c1. The Bertz CT molecular complexity index is 553. The Kier molecular flexibility index (Phi) is 3.12. The Morgan fingerprint density at radius 3 is 2.75 bits per heavy atom. The van der Waals surface area contributed by atoms with Crippen molar-refractivity contribution in [1.82, 2.24) is 4.90 Å². The first-order chi connectivity index (χ1) is 9.61. The van der Waals surface area contributed by atoms with E-state index in [4.69, 9.17) is 4.74 Å². The summed E-state index contributed by atoms with van der Waals surface area (Å²) in [7, 11) is 1.58. The van der Waals surface area contributed by atoms with Gasteiger partial charge in [0, 0.05) is 12.5 Å². The van der Waals surface area contributed by atoms with Gasteiger partial charge in [0.1, 0.15) is 5.75 Å². The lowest BCUT2D eigenvalue weighted by Crippen LogP contribution is -2.32. The van der Waals surface area contributed by atoms with Gasteiger partial charge in [0.15, 0.2) is 0 Å². The first kappa shape index (κ1) is 13.0. The van der Waals surface area contributed by atoms with Crippen LogP contribution in [0.4, 0.5) is 0 Å². The van der Waals surface area contributed by atoms with E-state index in [1.165, 1.54) is 0 Å². The summed E-state index contributed by atoms with van der Waals surface area (Å²) in [6, 6.07) is 7.19. The summed E-state index contributed by atoms with van der Waals surface area (Å²) >= 11 is 0. The molecular weight excluding hydrogens is 258 g/mol. The van der Waals surface area contributed by atoms with Gasteiger partial charge >= 0.3 is 5.97 Å². The highest BCUT2D eigenvalue weighted by Crippen LogP contribution is 2.45. The van der Waals surface area contributed by atoms with Crippen molar-refractivity contribution in [1.29, 1.82) is 0 Å². The number of likely N-dealkylation sites (tertiary alicyclic amines) is 1. The van der Waals surface area contributed by atoms with E-state index < -0.39 is 11.9 Å². The van der Waals surface area contributed by atoms with Crippen molar-refractivity contribution < 1.29 is 19.4 Å². The van der Waals surface area contributed by atoms with Crippen molar-refractivity contribution in [2.75, 3.05) is 7.11 Å². The van der Waals surface area contributed by atoms with E-state index in [-0.39, 0.29) is 24.4 Å². The van der Waals surface area contributed by atoms with Crippen molar-refractivity contribution in [3.63, 3.8) is 0 Å². The number of ether oxygens (including phenoxy) is 1. The maximum Gasteiger partial charge on any atom is 0.309 e. The van der Waals surface area contributed by atoms with Crippen LogP contribution in [0.5, 0.6) is 5.75 Å². The van der Waals surface area contributed by atoms with Gasteiger partial charge in [-0.2, -0.15) is 0 Å². The fourth-order valence-corrected chi connectivity index (χ4v) is 2.98. The van der Waals surface area contributed by atoms with Crippen LogP contribution in [0.3, 0.4) is 0 Å². The second-order valence-electron chi connectivity index (χ2n) is 5.40. The molecule has 1 aliphatic heterocycles. The molecule has 0 radical (unpaired) electrons. The molecule has 1 saturated heterocycles. The van der Waals surface area contributed by atoms with E-state index in [0.29, 0.717) is 5.75 Å². The normalized spacial score (nSPS) is 25.9. The molecule has 2 fully saturated rings. The van der Waals surface area contributed by atoms with Crippen LogP contribution in [-0.4, -0.2) is 35.0 Å². The molecule has 0 aromatic heterocycles. The van der Waals surface area contributed by atoms with Gasteiger partial charge in [-0.25, -0.2) is 0 Å². The van der Waals surface area contributed by atoms with Gasteiger partial charge < -0.3 is 14.7 Å². The molecule has 1 N–H and O–H groups in total. The Morgan fingerprint density at radius 1 is 1.40 bits per heavy atom. The number of benzene rings is 1. The summed E-state index contributed by atoms with van der Waals surface area (Å²) in [5.41, 5.74) is 0.842. The van der Waals surface area contributed by atoms with Crippen LogP contribution in [-0.2, 0) is 9.59 Å². The summed E-state index contributed by atoms with van der Waals surface area (Å²) in [6.07, 6.45) is 2.03. The summed E-state index contributed by atoms with van der Waals surface area (Å²) in [4.78, 5) is 25.4. The number of amides is 1. The van der Waals surface area contributed by atoms with Gasteiger partial charge in [-0.1, -0.05) is 12.1 Å². The van der Waals surface area contributed by atoms with E-state index in [0.717, 1.165) is 18.4 Å². The minimum Gasteiger partial charge on any atom is -0.497 e. The van der Waals surface area contributed by atoms with Crippen LogP contribution in [0.15, 0.2) is 24.3 Å². The number of methoxy groups -OCH3 is 1. The zero-order chi connectivity index (χ0) is 14.3. The lowest BCUT2D eigenvalue weighted by molar-refractivity contribution is -0.142. The van der Waals surface area contributed by atoms with E-state index >= 15 is 0 Å². The van der Waals surface area contributed by atoms with Crippen LogP contribution in [0.1, 0.15) is 30.9 Å². The van der Waals surface area contributed by atoms with E-state index in [9.17, 15) is 14.7 Å². The van der Waals surface area contributed by atoms with Gasteiger partial charge in [0.25, 0.3) is 0 Å². The molecule has 1 aromatic rings. The molecule has 0 bridgehead atoms. The van der Waals surface area contributed by atoms with Crippen molar-refractivity contribution in [3.05, 3.63) is 29.8 Å². The lowest BCUT2D eigenvalue weighted by Gasteiger charge is -2.27. The van der Waals surface area contributed by atoms with E-state index in [2.05, 4.69) is 0 Å². The average Bonchev–Trinajstić information content (AvgIpc) is 3.21. The molecule has 20 heavy (non-hydrogen) atoms. The second-order valence-corrected chi connectivity index (χ2v) is 5.40. The molecule has 3 rings (SSSR count). The van der Waals surface area contributed by atoms with Crippen LogP contribution in [0, 0.1) is 5.92 Å². The fourth-order valence-electron chi connectivity index (χ4n) is 2.98. The lowest BCUT2D eigenvalue weighted by atomic mass is 9.93. The van der Waals surface area contributed by atoms with Crippen molar-refractivity contribution in [2.24, 2.45) is 5.92 Å². The van der Waals surface area contributed by atoms with Crippen LogP contribution in [0.25, 0.3) is 0 Å². The average molecular weight is 275 g/mol. The Hall–Kier alpha value is -2.04. The number of carbonyl (C=O) groups excluding carboxylic acids is 1. The van der Waals surface area contributed by atoms with Crippen LogP contribution >= 0.6 is 0 Å². The first-order valence-electron chi connectivity index (χ1n) is 6.79. The number of carboxylic acid groups (broad SMARTS) is 1. The smallest absolute Gasteiger partial charge is 0.309 e. The molecule has 106 valence electrons. The highest BCUT2D eigenvalue weighted by molar-refractivity contribution is 5.87. The molecule has 2 aliphatic rings. The number of carboxylic acids is 1. The Balaban J connectivity index is 2.00. The van der Waals surface area contributed by atoms with Gasteiger partial charge in [-0.05, 0) is 30.5 Å². The van der Waals surface area contributed by atoms with Crippen molar-refractivity contribution in [3.8, 4) is 5.75 Å². The summed E-state index contributed by atoms with van der Waals surface area (Å²) in [5, 5.41) is 9.40. The van der Waals surface area contributed by atoms with Crippen LogP contribution < -0.4 is 4.74 Å². The van der Waals surface area contributed by atoms with Crippen molar-refractivity contribution >= 4 is 11.9 Å². The Morgan fingerprint density at radius 2 is 2.15 bits per heavy atom. The zero-order valence-electron chi connectivity index (χ0n) is 11.3. The third kappa shape index (κ3) is 2.13. The summed E-state index contributed by atoms with van der Waals surface area (Å²) in [5.74, 6) is -0.945. The molecule has 1 aromatic carbocycles. The molecule has 5 nitrogen and oxygen atoms in total. The number of carbonyl (C=O) groups is 2. The minimum atomic E-state index is -0.908. The van der Waals surface area contributed by atoms with Crippen molar-refractivity contribution in [2.45, 2.75) is 31.3 Å². The number of aliphatic carboxylic acids is 1. The standard InChI is InChI=1S/C15H17NO4/c1-20-11-4-2-3-9(7-11)14-12(15(18)19)8-13(17)16(14)10-5-6-10/h2-4,7,10,12,14H,5-6,8H2,1H3,(H,18,19). The van der Waals surface area contributed by atoms with Gasteiger partial charge in [0.05, 0.1) is 19.1 Å². The fraction of sp³-hybridized carbons (Fsp3) is 0.467. The Labute approximate surface area is 117 Å². The zero-order valence-corrected chi connectivity index (χ0v) is 11.3. The number of hydrogen-bond donors (Lipinski definition) is 1. The van der Waals surface area contributed by atoms with E-state index in [1.54, 1.807) is 12.0 Å². The van der Waals surface area contributed by atoms with Gasteiger partial charge in [-0.3, -0.25) is 9.59 Å². The minimum absolute atomic E-state index is 0.0484. The highest BCUT2D eigenvalue weighted by atomic mass is 16.5. The van der Waals surface area contributed by atoms with E-state index in [1.807, 2.05) is 24.3 Å². The second kappa shape index (κ2) is 4.81. The van der Waals surface area contributed by atoms with Gasteiger partial charge in [-0.15, -0.1) is 0 Å². The van der Waals surface area contributed by atoms with Gasteiger partial charge in [0.2, 0.25) is 5.91 Å². The number of hydrogen-bond acceptors (Lipinski definition) is 3. The quantitative estimate of drug-likeness (QED) is 0.910. The number of nitrogens with zero attached hydrogens (tertiary/aromatic N) is 1. The molecule has 1 saturated carbocycles. The maximum atomic E-state index is 12.1. The number of rotatable bonds is 4. The molecule has 5 heteroatoms.